The van der Waals surface area contributed by atoms with E-state index < -0.39 is 12.2 Å². The third-order valence-corrected chi connectivity index (χ3v) is 3.50. The molecule has 0 aromatic heterocycles. The minimum atomic E-state index is -0.807. The van der Waals surface area contributed by atoms with Crippen LogP contribution in [0.2, 0.25) is 0 Å². The molecule has 122 valence electrons. The van der Waals surface area contributed by atoms with E-state index in [0.29, 0.717) is 5.69 Å². The van der Waals surface area contributed by atoms with Gasteiger partial charge in [0.2, 0.25) is 0 Å². The van der Waals surface area contributed by atoms with E-state index in [1.807, 2.05) is 61.5 Å². The zero-order valence-electron chi connectivity index (χ0n) is 13.2. The van der Waals surface area contributed by atoms with Crippen LogP contribution in [-0.4, -0.2) is 30.4 Å². The summed E-state index contributed by atoms with van der Waals surface area (Å²) < 4.78 is 5.38. The summed E-state index contributed by atoms with van der Waals surface area (Å²) in [6, 6.07) is 16.9. The first-order chi connectivity index (χ1) is 11.1. The quantitative estimate of drug-likeness (QED) is 0.859. The third-order valence-electron chi connectivity index (χ3n) is 3.50. The van der Waals surface area contributed by atoms with E-state index in [1.165, 1.54) is 4.90 Å². The lowest BCUT2D eigenvalue weighted by Gasteiger charge is -2.25. The molecule has 23 heavy (non-hydrogen) atoms. The smallest absolute Gasteiger partial charge is 0.414 e. The topological polar surface area (TPSA) is 75.8 Å². The Labute approximate surface area is 136 Å². The molecule has 3 N–H and O–H groups in total. The maximum absolute atomic E-state index is 12.5. The van der Waals surface area contributed by atoms with Crippen LogP contribution in [0.15, 0.2) is 54.6 Å². The molecule has 0 aliphatic carbocycles. The Morgan fingerprint density at radius 2 is 1.83 bits per heavy atom. The van der Waals surface area contributed by atoms with Crippen LogP contribution < -0.4 is 10.6 Å². The molecule has 2 aromatic carbocycles. The van der Waals surface area contributed by atoms with Crippen LogP contribution >= 0.6 is 0 Å². The number of amides is 1. The predicted molar refractivity (Wildman–Crippen MR) is 90.2 cm³/mol. The minimum absolute atomic E-state index is 0.0777. The zero-order valence-corrected chi connectivity index (χ0v) is 13.2. The molecule has 0 bridgehead atoms. The number of carbonyl (C=O) groups excluding carboxylic acids is 1. The number of rotatable bonds is 6. The van der Waals surface area contributed by atoms with Crippen molar-refractivity contribution in [1.29, 1.82) is 0 Å². The number of ether oxygens (including phenoxy) is 1. The van der Waals surface area contributed by atoms with Crippen molar-refractivity contribution in [2.75, 3.05) is 18.0 Å². The molecule has 2 rings (SSSR count). The molecular formula is C18H22N2O3. The summed E-state index contributed by atoms with van der Waals surface area (Å²) in [7, 11) is 0. The number of nitrogens with two attached hydrogens (primary N) is 1. The Balaban J connectivity index is 2.13. The number of benzene rings is 2. The normalized spacial score (nSPS) is 11.8. The van der Waals surface area contributed by atoms with E-state index in [1.54, 1.807) is 0 Å². The molecule has 5 heteroatoms. The maximum atomic E-state index is 12.5. The molecule has 0 saturated heterocycles. The SMILES string of the molecule is Cc1ccccc1N(CC(O)CN)C(=O)OCc1ccccc1. The van der Waals surface area contributed by atoms with Crippen molar-refractivity contribution in [3.63, 3.8) is 0 Å². The number of aliphatic hydroxyl groups is 1. The summed E-state index contributed by atoms with van der Waals surface area (Å²) >= 11 is 0. The number of hydrogen-bond donors (Lipinski definition) is 2. The molecule has 0 fully saturated rings. The van der Waals surface area contributed by atoms with Gasteiger partial charge in [-0.1, -0.05) is 48.5 Å². The van der Waals surface area contributed by atoms with E-state index >= 15 is 0 Å². The van der Waals surface area contributed by atoms with Gasteiger partial charge in [0.25, 0.3) is 0 Å². The summed E-state index contributed by atoms with van der Waals surface area (Å²) in [4.78, 5) is 13.9. The summed E-state index contributed by atoms with van der Waals surface area (Å²) in [5, 5.41) is 9.84. The highest BCUT2D eigenvalue weighted by Crippen LogP contribution is 2.21. The van der Waals surface area contributed by atoms with E-state index in [0.717, 1.165) is 11.1 Å². The Kier molecular flexibility index (Phi) is 6.14. The van der Waals surface area contributed by atoms with Crippen molar-refractivity contribution in [3.8, 4) is 0 Å². The number of aliphatic hydroxyl groups excluding tert-OH is 1. The van der Waals surface area contributed by atoms with E-state index in [2.05, 4.69) is 0 Å². The molecule has 0 saturated carbocycles. The van der Waals surface area contributed by atoms with Gasteiger partial charge in [0.15, 0.2) is 0 Å². The second-order valence-corrected chi connectivity index (χ2v) is 5.33. The number of anilines is 1. The van der Waals surface area contributed by atoms with Gasteiger partial charge in [0.05, 0.1) is 18.3 Å². The Morgan fingerprint density at radius 3 is 2.48 bits per heavy atom. The van der Waals surface area contributed by atoms with Gasteiger partial charge in [0.1, 0.15) is 6.61 Å². The highest BCUT2D eigenvalue weighted by molar-refractivity contribution is 5.88. The standard InChI is InChI=1S/C18H22N2O3/c1-14-7-5-6-10-17(14)20(12-16(21)11-19)18(22)23-13-15-8-3-2-4-9-15/h2-10,16,21H,11-13,19H2,1H3. The lowest BCUT2D eigenvalue weighted by Crippen LogP contribution is -2.41. The Hall–Kier alpha value is -2.37. The van der Waals surface area contributed by atoms with Crippen molar-refractivity contribution in [2.24, 2.45) is 5.73 Å². The molecule has 0 radical (unpaired) electrons. The van der Waals surface area contributed by atoms with Crippen LogP contribution in [0.4, 0.5) is 10.5 Å². The van der Waals surface area contributed by atoms with Crippen LogP contribution in [0, 0.1) is 6.92 Å². The Bertz CT molecular complexity index is 631. The molecular weight excluding hydrogens is 292 g/mol. The predicted octanol–water partition coefficient (Wildman–Crippen LogP) is 2.46. The van der Waals surface area contributed by atoms with Crippen molar-refractivity contribution >= 4 is 11.8 Å². The number of carbonyl (C=O) groups is 1. The van der Waals surface area contributed by atoms with Gasteiger partial charge in [-0.2, -0.15) is 0 Å². The Morgan fingerprint density at radius 1 is 1.17 bits per heavy atom. The average molecular weight is 314 g/mol. The second kappa shape index (κ2) is 8.31. The molecule has 0 spiro atoms. The summed E-state index contributed by atoms with van der Waals surface area (Å²) in [5.74, 6) is 0. The lowest BCUT2D eigenvalue weighted by atomic mass is 10.1. The molecule has 2 aromatic rings. The fourth-order valence-electron chi connectivity index (χ4n) is 2.22. The molecule has 1 amide bonds. The van der Waals surface area contributed by atoms with Gasteiger partial charge >= 0.3 is 6.09 Å². The van der Waals surface area contributed by atoms with E-state index in [4.69, 9.17) is 10.5 Å². The molecule has 5 nitrogen and oxygen atoms in total. The fourth-order valence-corrected chi connectivity index (χ4v) is 2.22. The first-order valence-corrected chi connectivity index (χ1v) is 7.53. The maximum Gasteiger partial charge on any atom is 0.414 e. The average Bonchev–Trinajstić information content (AvgIpc) is 2.59. The van der Waals surface area contributed by atoms with Crippen molar-refractivity contribution in [3.05, 3.63) is 65.7 Å². The van der Waals surface area contributed by atoms with Gasteiger partial charge < -0.3 is 15.6 Å². The highest BCUT2D eigenvalue weighted by Gasteiger charge is 2.21. The van der Waals surface area contributed by atoms with Crippen molar-refractivity contribution < 1.29 is 14.6 Å². The summed E-state index contributed by atoms with van der Waals surface area (Å²) in [5.41, 5.74) is 8.01. The molecule has 0 aliphatic rings. The molecule has 0 heterocycles. The van der Waals surface area contributed by atoms with Crippen molar-refractivity contribution in [2.45, 2.75) is 19.6 Å². The monoisotopic (exact) mass is 314 g/mol. The van der Waals surface area contributed by atoms with Crippen LogP contribution in [0.25, 0.3) is 0 Å². The molecule has 1 unspecified atom stereocenters. The molecule has 1 atom stereocenters. The lowest BCUT2D eigenvalue weighted by molar-refractivity contribution is 0.138. The summed E-state index contributed by atoms with van der Waals surface area (Å²) in [6.07, 6.45) is -1.31. The van der Waals surface area contributed by atoms with Gasteiger partial charge in [-0.3, -0.25) is 4.90 Å². The van der Waals surface area contributed by atoms with Crippen molar-refractivity contribution in [1.82, 2.24) is 0 Å². The minimum Gasteiger partial charge on any atom is -0.444 e. The number of para-hydroxylation sites is 1. The van der Waals surface area contributed by atoms with Gasteiger partial charge in [-0.25, -0.2) is 4.79 Å². The number of aryl methyl sites for hydroxylation is 1. The van der Waals surface area contributed by atoms with E-state index in [9.17, 15) is 9.90 Å². The number of nitrogens with zero attached hydrogens (tertiary/aromatic N) is 1. The van der Waals surface area contributed by atoms with Crippen LogP contribution in [0.3, 0.4) is 0 Å². The zero-order chi connectivity index (χ0) is 16.7. The van der Waals surface area contributed by atoms with Crippen LogP contribution in [-0.2, 0) is 11.3 Å². The number of hydrogen-bond acceptors (Lipinski definition) is 4. The van der Waals surface area contributed by atoms with Crippen LogP contribution in [0.1, 0.15) is 11.1 Å². The third kappa shape index (κ3) is 4.81. The highest BCUT2D eigenvalue weighted by atomic mass is 16.6. The summed E-state index contributed by atoms with van der Waals surface area (Å²) in [6.45, 7) is 2.26. The fraction of sp³-hybridized carbons (Fsp3) is 0.278. The van der Waals surface area contributed by atoms with Gasteiger partial charge in [-0.05, 0) is 24.1 Å². The first-order valence-electron chi connectivity index (χ1n) is 7.53. The van der Waals surface area contributed by atoms with Gasteiger partial charge in [-0.15, -0.1) is 0 Å². The van der Waals surface area contributed by atoms with Gasteiger partial charge in [0, 0.05) is 6.54 Å². The van der Waals surface area contributed by atoms with E-state index in [-0.39, 0.29) is 19.7 Å². The molecule has 0 aliphatic heterocycles. The second-order valence-electron chi connectivity index (χ2n) is 5.33. The largest absolute Gasteiger partial charge is 0.444 e. The first kappa shape index (κ1) is 17.0. The van der Waals surface area contributed by atoms with Crippen LogP contribution in [0.5, 0.6) is 0 Å².